The average molecular weight is 1730 g/mol. The van der Waals surface area contributed by atoms with Crippen LogP contribution in [0.1, 0.15) is 316 Å². The van der Waals surface area contributed by atoms with Gasteiger partial charge in [0, 0.05) is 157 Å². The maximum atomic E-state index is 12.3. The molecule has 0 unspecified atom stereocenters. The van der Waals surface area contributed by atoms with E-state index < -0.39 is 0 Å². The molecule has 4 heterocycles. The topological polar surface area (TPSA) is 275 Å². The number of rotatable bonds is 26. The van der Waals surface area contributed by atoms with Crippen molar-refractivity contribution in [1.29, 1.82) is 0 Å². The molecule has 10 aliphatic rings. The molecule has 2 aromatic carbocycles. The first-order valence-corrected chi connectivity index (χ1v) is 49.8. The first-order valence-electron chi connectivity index (χ1n) is 49.8. The number of hydrogen-bond acceptors (Lipinski definition) is 15. The van der Waals surface area contributed by atoms with E-state index in [2.05, 4.69) is 96.0 Å². The van der Waals surface area contributed by atoms with Crippen LogP contribution in [-0.4, -0.2) is 272 Å². The third-order valence-electron chi connectivity index (χ3n) is 24.3. The van der Waals surface area contributed by atoms with Gasteiger partial charge in [-0.3, -0.25) is 40.4 Å². The number of anilines is 1. The number of amides is 3. The van der Waals surface area contributed by atoms with Gasteiger partial charge in [0.2, 0.25) is 11.9 Å². The number of amidine groups is 1. The lowest BCUT2D eigenvalue weighted by Gasteiger charge is -2.29. The van der Waals surface area contributed by atoms with Crippen LogP contribution < -0.4 is 42.5 Å². The summed E-state index contributed by atoms with van der Waals surface area (Å²) in [4.78, 5) is 69.4. The summed E-state index contributed by atoms with van der Waals surface area (Å²) in [5.74, 6) is 6.82. The number of hydrogen-bond donors (Lipinski definition) is 9. The zero-order valence-electron chi connectivity index (χ0n) is 79.8. The highest BCUT2D eigenvalue weighted by molar-refractivity contribution is 6.05. The summed E-state index contributed by atoms with van der Waals surface area (Å²) in [6, 6.07) is 22.4. The van der Waals surface area contributed by atoms with Crippen molar-refractivity contribution in [2.75, 3.05) is 153 Å². The van der Waals surface area contributed by atoms with Crippen molar-refractivity contribution in [2.45, 2.75) is 352 Å². The average Bonchev–Trinajstić information content (AvgIpc) is 1.69. The summed E-state index contributed by atoms with van der Waals surface area (Å²) in [5, 5.41) is 35.8. The van der Waals surface area contributed by atoms with Crippen molar-refractivity contribution >= 4 is 64.9 Å². The van der Waals surface area contributed by atoms with Crippen LogP contribution in [0, 0.1) is 0 Å². The zero-order valence-corrected chi connectivity index (χ0v) is 79.8. The highest BCUT2D eigenvalue weighted by atomic mass is 16.5. The molecule has 26 nitrogen and oxygen atoms in total. The van der Waals surface area contributed by atoms with Crippen molar-refractivity contribution in [3.63, 3.8) is 0 Å². The van der Waals surface area contributed by atoms with Crippen molar-refractivity contribution in [3.8, 4) is 0 Å². The lowest BCUT2D eigenvalue weighted by Crippen LogP contribution is -2.49. The van der Waals surface area contributed by atoms with Gasteiger partial charge in [0.25, 0.3) is 0 Å². The molecule has 9 N–H and O–H groups in total. The van der Waals surface area contributed by atoms with Gasteiger partial charge in [-0.25, -0.2) is 14.8 Å². The first kappa shape index (κ1) is 105. The Labute approximate surface area is 752 Å². The summed E-state index contributed by atoms with van der Waals surface area (Å²) in [7, 11) is 13.2. The summed E-state index contributed by atoms with van der Waals surface area (Å²) in [6.07, 6.45) is 58.2. The maximum absolute atomic E-state index is 12.3. The number of guanidine groups is 6. The van der Waals surface area contributed by atoms with E-state index in [1.165, 1.54) is 314 Å². The second kappa shape index (κ2) is 67.8. The molecule has 2 aromatic rings. The van der Waals surface area contributed by atoms with Gasteiger partial charge in [-0.05, 0) is 160 Å². The minimum Gasteiger partial charge on any atom is -0.394 e. The zero-order chi connectivity index (χ0) is 88.5. The van der Waals surface area contributed by atoms with Gasteiger partial charge in [0.05, 0.1) is 57.1 Å². The Balaban J connectivity index is 0.000000228. The predicted molar refractivity (Wildman–Crippen MR) is 523 cm³/mol. The summed E-state index contributed by atoms with van der Waals surface area (Å²) >= 11 is 0. The van der Waals surface area contributed by atoms with Crippen LogP contribution in [0.3, 0.4) is 0 Å². The number of fused-ring (bicyclic) bond motifs is 2. The quantitative estimate of drug-likeness (QED) is 0.0241. The molecule has 12 rings (SSSR count). The molecule has 0 spiro atoms. The lowest BCUT2D eigenvalue weighted by molar-refractivity contribution is -0.119. The fraction of sp³-hybridized carbons (Fsp3) is 0.786. The van der Waals surface area contributed by atoms with E-state index in [0.717, 1.165) is 81.1 Å². The smallest absolute Gasteiger partial charge is 0.323 e. The molecule has 6 saturated carbocycles. The van der Waals surface area contributed by atoms with Crippen molar-refractivity contribution < 1.29 is 24.2 Å². The number of carbonyl (C=O) groups is 2. The summed E-state index contributed by atoms with van der Waals surface area (Å²) in [5.41, 5.74) is 1.69. The molecule has 124 heavy (non-hydrogen) atoms. The Hall–Kier alpha value is -7.45. The number of ether oxygens (including phenoxy) is 2. The largest absolute Gasteiger partial charge is 0.394 e. The minimum atomic E-state index is -0.104. The molecule has 8 fully saturated rings. The fourth-order valence-electron chi connectivity index (χ4n) is 17.5. The molecule has 0 aromatic heterocycles. The van der Waals surface area contributed by atoms with E-state index in [9.17, 15) is 9.59 Å². The molecule has 0 radical (unpaired) electrons. The molecular weight excluding hydrogens is 1550 g/mol. The predicted octanol–water partition coefficient (Wildman–Crippen LogP) is 17.3. The molecule has 26 heteroatoms. The van der Waals surface area contributed by atoms with Crippen molar-refractivity contribution in [3.05, 3.63) is 60.7 Å². The third kappa shape index (κ3) is 47.9. The molecule has 3 amide bonds. The van der Waals surface area contributed by atoms with Crippen LogP contribution in [-0.2, 0) is 14.3 Å². The number of aliphatic hydroxyl groups is 1. The maximum Gasteiger partial charge on any atom is 0.323 e. The molecule has 2 saturated heterocycles. The number of aliphatic hydroxyl groups excluding tert-OH is 1. The Morgan fingerprint density at radius 2 is 0.935 bits per heavy atom. The number of methoxy groups -OCH3 is 1. The Morgan fingerprint density at radius 1 is 0.460 bits per heavy atom. The Morgan fingerprint density at radius 3 is 1.43 bits per heavy atom. The highest BCUT2D eigenvalue weighted by Gasteiger charge is 2.28. The number of unbranched alkanes of at least 4 members (excludes halogenated alkanes) is 5. The number of nitrogens with one attached hydrogen (secondary N) is 8. The third-order valence-corrected chi connectivity index (χ3v) is 24.3. The molecule has 704 valence electrons. The number of benzene rings is 2. The fourth-order valence-corrected chi connectivity index (χ4v) is 17.5. The van der Waals surface area contributed by atoms with Gasteiger partial charge >= 0.3 is 6.03 Å². The van der Waals surface area contributed by atoms with E-state index in [1.54, 1.807) is 26.1 Å². The van der Waals surface area contributed by atoms with Crippen LogP contribution >= 0.6 is 0 Å². The van der Waals surface area contributed by atoms with E-state index in [1.807, 2.05) is 106 Å². The van der Waals surface area contributed by atoms with Gasteiger partial charge in [-0.15, -0.1) is 0 Å². The molecule has 6 aliphatic carbocycles. The standard InChI is InChI=1S/C22H29N3O.C17H33N3O2.C16H30N4O.C16H31N3O.C11H20N2.C9H17N3.C7H17N3/c1-2-3-4-5-6-13-18-21(26)25-22(23-19-14-9-7-10-15-19)24-20-16-11-8-12-17-20;21-12-14-22-13-11-18-17(19-15-7-3-1-4-8-15)20-16-9-5-2-6-10-16;1-20(2)16(21)19-15(17-13-9-5-3-6-10-13)18-14-11-7-4-8-12-14;1-20-13-12-17-16(18-14-8-4-2-5-9-14)19-15-10-6-3-7-11-15;1-3-7-11-12-8-4-2-6-10-13(11)9-5-1;1-2-5-11-7-8-12-6-3-4-10-9(11)12;1-6-8-7(9(2)3)10(4)5/h7-12,14-17H,2-6,13,18H2,1H3,(H2,23,24,25,26);15-16,21H,1-14H2,(H2,18,19,20);13-14H,3-12H2,1-2H3,(H2,17,18,19,21);14-15H,2-13H2,1H3,(H2,17,18,19);1-10H2;2-8H2,1H3;6H2,1-5H3. The van der Waals surface area contributed by atoms with Crippen LogP contribution in [0.2, 0.25) is 0 Å². The van der Waals surface area contributed by atoms with Crippen LogP contribution in [0.25, 0.3) is 0 Å². The van der Waals surface area contributed by atoms with Crippen molar-refractivity contribution in [1.82, 2.24) is 66.6 Å². The van der Waals surface area contributed by atoms with Gasteiger partial charge in [0.1, 0.15) is 0 Å². The van der Waals surface area contributed by atoms with E-state index in [0.29, 0.717) is 81.0 Å². The minimum absolute atomic E-state index is 0.00129. The number of nitrogens with zero attached hydrogens (tertiary/aromatic N) is 13. The van der Waals surface area contributed by atoms with Crippen LogP contribution in [0.15, 0.2) is 95.6 Å². The van der Waals surface area contributed by atoms with E-state index >= 15 is 0 Å². The number of aliphatic imine (C=N–C) groups is 7. The number of para-hydroxylation sites is 2. The highest BCUT2D eigenvalue weighted by Crippen LogP contribution is 2.25. The molecule has 4 aliphatic heterocycles. The SMILES string of the molecule is C1CCN=C2CCCCCN2CC1.CCCCCCCCC(=O)NC(=Nc1ccccc1)Nc1ccccc1.CCCN1CCN2CCCN=C12.CCN=C(N(C)C)N(C)C.CN(C)C(=O)NC(=NC1CCCCC1)NC1CCCCC1.COCCN=C(NC1CCCCC1)NC1CCCCC1.OCCOCCN=C(NC1CCCCC1)NC1CCCCC1. The van der Waals surface area contributed by atoms with Crippen LogP contribution in [0.4, 0.5) is 16.2 Å². The monoisotopic (exact) mass is 1730 g/mol. The summed E-state index contributed by atoms with van der Waals surface area (Å²) < 4.78 is 10.4. The van der Waals surface area contributed by atoms with Gasteiger partial charge in [-0.1, -0.05) is 204 Å². The van der Waals surface area contributed by atoms with E-state index in [4.69, 9.17) is 24.6 Å². The van der Waals surface area contributed by atoms with Gasteiger partial charge in [0.15, 0.2) is 29.8 Å². The first-order chi connectivity index (χ1) is 60.7. The molecular formula is C98H177N21O5. The second-order valence-corrected chi connectivity index (χ2v) is 35.9. The Kier molecular flexibility index (Phi) is 57.6. The number of carbonyl (C=O) groups excluding carboxylic acids is 2. The number of urea groups is 1. The molecule has 0 atom stereocenters. The lowest BCUT2D eigenvalue weighted by atomic mass is 9.95. The second-order valence-electron chi connectivity index (χ2n) is 35.9. The van der Waals surface area contributed by atoms with E-state index in [-0.39, 0.29) is 18.5 Å². The Bertz CT molecular complexity index is 3190. The van der Waals surface area contributed by atoms with Gasteiger partial charge in [-0.2, -0.15) is 0 Å². The van der Waals surface area contributed by atoms with Crippen molar-refractivity contribution in [2.24, 2.45) is 34.9 Å². The normalized spacial score (nSPS) is 18.7. The molecule has 0 bridgehead atoms. The van der Waals surface area contributed by atoms with Crippen LogP contribution in [0.5, 0.6) is 0 Å². The summed E-state index contributed by atoms with van der Waals surface area (Å²) in [6.45, 7) is 19.9. The van der Waals surface area contributed by atoms with Gasteiger partial charge < -0.3 is 75.9 Å².